The molecule has 2 aromatic carbocycles. The number of likely N-dealkylation sites (N-methyl/N-ethyl adjacent to an activating group) is 1. The first-order valence-corrected chi connectivity index (χ1v) is 12.5. The van der Waals surface area contributed by atoms with Crippen LogP contribution in [0.2, 0.25) is 0 Å². The molecular formula is C28H43N3O2. The standard InChI is InChI=1S/C28H43N3O2/c1-3-4-5-7-14-25(24-12-8-6-9-13-24)22-33-26-18-16-23(17-19-26)21-31(2)28(32)27(30)15-10-11-20-29/h6,8-9,12-13,16-19,25,27H,3-5,7,10-11,14-15,20-22,29-30H2,1-2H3/t25-,27+/m0/s1. The Bertz CT molecular complexity index is 779. The van der Waals surface area contributed by atoms with Crippen LogP contribution in [-0.2, 0) is 11.3 Å². The first kappa shape index (κ1) is 26.9. The number of nitrogens with two attached hydrogens (primary N) is 2. The highest BCUT2D eigenvalue weighted by atomic mass is 16.5. The highest BCUT2D eigenvalue weighted by molar-refractivity contribution is 5.81. The zero-order valence-electron chi connectivity index (χ0n) is 20.5. The Balaban J connectivity index is 1.86. The zero-order valence-corrected chi connectivity index (χ0v) is 20.5. The van der Waals surface area contributed by atoms with Crippen molar-refractivity contribution in [2.24, 2.45) is 11.5 Å². The van der Waals surface area contributed by atoms with Gasteiger partial charge in [-0.05, 0) is 49.1 Å². The fourth-order valence-corrected chi connectivity index (χ4v) is 4.04. The third-order valence-corrected chi connectivity index (χ3v) is 6.13. The first-order chi connectivity index (χ1) is 16.0. The molecule has 33 heavy (non-hydrogen) atoms. The second kappa shape index (κ2) is 15.5. The maximum Gasteiger partial charge on any atom is 0.239 e. The minimum atomic E-state index is -0.462. The van der Waals surface area contributed by atoms with Gasteiger partial charge in [0.1, 0.15) is 5.75 Å². The van der Waals surface area contributed by atoms with Gasteiger partial charge in [-0.3, -0.25) is 4.79 Å². The highest BCUT2D eigenvalue weighted by Gasteiger charge is 2.18. The number of ether oxygens (including phenoxy) is 1. The lowest BCUT2D eigenvalue weighted by Crippen LogP contribution is -2.41. The van der Waals surface area contributed by atoms with Crippen molar-refractivity contribution in [3.05, 3.63) is 65.7 Å². The molecule has 0 bridgehead atoms. The predicted molar refractivity (Wildman–Crippen MR) is 137 cm³/mol. The Morgan fingerprint density at radius 3 is 2.30 bits per heavy atom. The normalized spacial score (nSPS) is 12.8. The van der Waals surface area contributed by atoms with Gasteiger partial charge in [0.05, 0.1) is 12.6 Å². The third kappa shape index (κ3) is 9.97. The van der Waals surface area contributed by atoms with Gasteiger partial charge < -0.3 is 21.1 Å². The fraction of sp³-hybridized carbons (Fsp3) is 0.536. The Labute approximate surface area is 200 Å². The molecule has 0 spiro atoms. The third-order valence-electron chi connectivity index (χ3n) is 6.13. The van der Waals surface area contributed by atoms with Gasteiger partial charge >= 0.3 is 0 Å². The molecule has 2 atom stereocenters. The highest BCUT2D eigenvalue weighted by Crippen LogP contribution is 2.24. The summed E-state index contributed by atoms with van der Waals surface area (Å²) >= 11 is 0. The van der Waals surface area contributed by atoms with Crippen molar-refractivity contribution < 1.29 is 9.53 Å². The van der Waals surface area contributed by atoms with Crippen LogP contribution in [0.5, 0.6) is 5.75 Å². The smallest absolute Gasteiger partial charge is 0.239 e. The van der Waals surface area contributed by atoms with Crippen molar-refractivity contribution in [3.63, 3.8) is 0 Å². The Kier molecular flexibility index (Phi) is 12.6. The lowest BCUT2D eigenvalue weighted by molar-refractivity contribution is -0.132. The molecule has 0 aromatic heterocycles. The molecular weight excluding hydrogens is 410 g/mol. The quantitative estimate of drug-likeness (QED) is 0.341. The van der Waals surface area contributed by atoms with Gasteiger partial charge in [-0.1, -0.05) is 81.5 Å². The summed E-state index contributed by atoms with van der Waals surface area (Å²) < 4.78 is 6.17. The molecule has 0 saturated carbocycles. The van der Waals surface area contributed by atoms with E-state index in [1.807, 2.05) is 24.3 Å². The van der Waals surface area contributed by atoms with Gasteiger partial charge in [0.2, 0.25) is 5.91 Å². The second-order valence-corrected chi connectivity index (χ2v) is 9.00. The van der Waals surface area contributed by atoms with Crippen molar-refractivity contribution >= 4 is 5.91 Å². The van der Waals surface area contributed by atoms with Crippen molar-refractivity contribution in [2.75, 3.05) is 20.2 Å². The van der Waals surface area contributed by atoms with Crippen LogP contribution in [0.4, 0.5) is 0 Å². The summed E-state index contributed by atoms with van der Waals surface area (Å²) in [6.45, 7) is 4.09. The van der Waals surface area contributed by atoms with E-state index in [1.165, 1.54) is 31.2 Å². The molecule has 0 saturated heterocycles. The number of carbonyl (C=O) groups is 1. The van der Waals surface area contributed by atoms with E-state index in [0.29, 0.717) is 32.0 Å². The summed E-state index contributed by atoms with van der Waals surface area (Å²) in [5, 5.41) is 0. The Morgan fingerprint density at radius 1 is 0.939 bits per heavy atom. The van der Waals surface area contributed by atoms with Crippen LogP contribution >= 0.6 is 0 Å². The molecule has 1 amide bonds. The fourth-order valence-electron chi connectivity index (χ4n) is 4.04. The molecule has 2 rings (SSSR count). The number of benzene rings is 2. The van der Waals surface area contributed by atoms with E-state index in [9.17, 15) is 4.79 Å². The maximum atomic E-state index is 12.5. The molecule has 0 radical (unpaired) electrons. The molecule has 0 fully saturated rings. The van der Waals surface area contributed by atoms with Crippen LogP contribution in [0.3, 0.4) is 0 Å². The van der Waals surface area contributed by atoms with Crippen LogP contribution in [0.1, 0.15) is 75.3 Å². The Hall–Kier alpha value is -2.37. The van der Waals surface area contributed by atoms with Crippen LogP contribution < -0.4 is 16.2 Å². The van der Waals surface area contributed by atoms with E-state index >= 15 is 0 Å². The van der Waals surface area contributed by atoms with Crippen molar-refractivity contribution in [3.8, 4) is 5.75 Å². The van der Waals surface area contributed by atoms with Crippen LogP contribution in [0.25, 0.3) is 0 Å². The summed E-state index contributed by atoms with van der Waals surface area (Å²) in [4.78, 5) is 14.2. The number of nitrogens with zero attached hydrogens (tertiary/aromatic N) is 1. The predicted octanol–water partition coefficient (Wildman–Crippen LogP) is 5.23. The zero-order chi connectivity index (χ0) is 23.9. The van der Waals surface area contributed by atoms with Crippen LogP contribution in [0.15, 0.2) is 54.6 Å². The summed E-state index contributed by atoms with van der Waals surface area (Å²) in [7, 11) is 1.80. The SMILES string of the molecule is CCCCCC[C@@H](COc1ccc(CN(C)C(=O)[C@H](N)CCCCN)cc1)c1ccccc1. The van der Waals surface area contributed by atoms with Gasteiger partial charge in [0.15, 0.2) is 0 Å². The van der Waals surface area contributed by atoms with Gasteiger partial charge in [-0.25, -0.2) is 0 Å². The summed E-state index contributed by atoms with van der Waals surface area (Å²) in [5.41, 5.74) is 14.0. The lowest BCUT2D eigenvalue weighted by Gasteiger charge is -2.22. The van der Waals surface area contributed by atoms with Crippen molar-refractivity contribution in [2.45, 2.75) is 76.8 Å². The number of hydrogen-bond donors (Lipinski definition) is 2. The van der Waals surface area contributed by atoms with E-state index in [1.54, 1.807) is 11.9 Å². The largest absolute Gasteiger partial charge is 0.493 e. The summed E-state index contributed by atoms with van der Waals surface area (Å²) in [6.07, 6.45) is 8.64. The molecule has 0 unspecified atom stereocenters. The maximum absolute atomic E-state index is 12.5. The van der Waals surface area contributed by atoms with Gasteiger partial charge in [-0.15, -0.1) is 0 Å². The monoisotopic (exact) mass is 453 g/mol. The van der Waals surface area contributed by atoms with E-state index in [-0.39, 0.29) is 5.91 Å². The van der Waals surface area contributed by atoms with E-state index < -0.39 is 6.04 Å². The van der Waals surface area contributed by atoms with Crippen LogP contribution in [0, 0.1) is 0 Å². The second-order valence-electron chi connectivity index (χ2n) is 9.00. The molecule has 0 aliphatic rings. The lowest BCUT2D eigenvalue weighted by atomic mass is 9.94. The molecule has 4 N–H and O–H groups in total. The van der Waals surface area contributed by atoms with Crippen molar-refractivity contribution in [1.29, 1.82) is 0 Å². The van der Waals surface area contributed by atoms with Gasteiger partial charge in [-0.2, -0.15) is 0 Å². The topological polar surface area (TPSA) is 81.6 Å². The van der Waals surface area contributed by atoms with E-state index in [4.69, 9.17) is 16.2 Å². The number of unbranched alkanes of at least 4 members (excludes halogenated alkanes) is 4. The van der Waals surface area contributed by atoms with Crippen LogP contribution in [-0.4, -0.2) is 37.0 Å². The molecule has 0 aliphatic carbocycles. The average Bonchev–Trinajstić information content (AvgIpc) is 2.84. The Morgan fingerprint density at radius 2 is 1.64 bits per heavy atom. The minimum absolute atomic E-state index is 0.0267. The number of hydrogen-bond acceptors (Lipinski definition) is 4. The molecule has 0 heterocycles. The summed E-state index contributed by atoms with van der Waals surface area (Å²) in [6, 6.07) is 18.2. The van der Waals surface area contributed by atoms with E-state index in [2.05, 4.69) is 37.3 Å². The average molecular weight is 454 g/mol. The molecule has 5 heteroatoms. The number of carbonyl (C=O) groups excluding carboxylic acids is 1. The first-order valence-electron chi connectivity index (χ1n) is 12.5. The molecule has 0 aliphatic heterocycles. The minimum Gasteiger partial charge on any atom is -0.493 e. The number of rotatable bonds is 16. The summed E-state index contributed by atoms with van der Waals surface area (Å²) in [5.74, 6) is 1.23. The van der Waals surface area contributed by atoms with E-state index in [0.717, 1.165) is 30.6 Å². The molecule has 5 nitrogen and oxygen atoms in total. The van der Waals surface area contributed by atoms with Crippen molar-refractivity contribution in [1.82, 2.24) is 4.90 Å². The van der Waals surface area contributed by atoms with Gasteiger partial charge in [0.25, 0.3) is 0 Å². The molecule has 182 valence electrons. The molecule has 2 aromatic rings. The number of amides is 1. The van der Waals surface area contributed by atoms with Gasteiger partial charge in [0, 0.05) is 19.5 Å².